The van der Waals surface area contributed by atoms with E-state index in [2.05, 4.69) is 15.2 Å². The maximum atomic E-state index is 12.0. The normalized spacial score (nSPS) is 16.8. The molecule has 0 atom stereocenters. The molecule has 26 heavy (non-hydrogen) atoms. The summed E-state index contributed by atoms with van der Waals surface area (Å²) < 4.78 is 5.17. The summed E-state index contributed by atoms with van der Waals surface area (Å²) in [5.74, 6) is 0.707. The molecule has 1 aliphatic heterocycles. The smallest absolute Gasteiger partial charge is 0.251 e. The van der Waals surface area contributed by atoms with Crippen molar-refractivity contribution in [2.45, 2.75) is 18.4 Å². The first kappa shape index (κ1) is 18.4. The van der Waals surface area contributed by atoms with Crippen LogP contribution in [-0.2, 0) is 5.60 Å². The molecule has 6 nitrogen and oxygen atoms in total. The lowest BCUT2D eigenvalue weighted by Gasteiger charge is -2.38. The minimum absolute atomic E-state index is 0.0841. The summed E-state index contributed by atoms with van der Waals surface area (Å²) in [6.45, 7) is 2.96. The molecule has 0 saturated carbocycles. The lowest BCUT2D eigenvalue weighted by Crippen LogP contribution is -2.45. The van der Waals surface area contributed by atoms with Crippen LogP contribution in [0.2, 0.25) is 0 Å². The van der Waals surface area contributed by atoms with Crippen LogP contribution in [0.25, 0.3) is 0 Å². The number of nitrogens with zero attached hydrogens (tertiary/aromatic N) is 2. The van der Waals surface area contributed by atoms with Crippen LogP contribution in [0.5, 0.6) is 5.75 Å². The Hall–Kier alpha value is -2.44. The summed E-state index contributed by atoms with van der Waals surface area (Å²) >= 11 is 0. The van der Waals surface area contributed by atoms with Crippen molar-refractivity contribution in [2.24, 2.45) is 0 Å². The highest BCUT2D eigenvalue weighted by molar-refractivity contribution is 5.93. The van der Waals surface area contributed by atoms with Gasteiger partial charge in [0.05, 0.1) is 12.7 Å². The van der Waals surface area contributed by atoms with Crippen LogP contribution in [0.4, 0.5) is 0 Å². The summed E-state index contributed by atoms with van der Waals surface area (Å²) in [5.41, 5.74) is 0.764. The molecular formula is C20H25N3O3. The van der Waals surface area contributed by atoms with Gasteiger partial charge < -0.3 is 20.1 Å². The van der Waals surface area contributed by atoms with E-state index in [9.17, 15) is 9.90 Å². The first-order valence-electron chi connectivity index (χ1n) is 8.88. The summed E-state index contributed by atoms with van der Waals surface area (Å²) in [6, 6.07) is 11.0. The number of hydrogen-bond acceptors (Lipinski definition) is 5. The van der Waals surface area contributed by atoms with Crippen LogP contribution in [0.1, 0.15) is 28.8 Å². The molecule has 1 amide bonds. The summed E-state index contributed by atoms with van der Waals surface area (Å²) in [4.78, 5) is 18.2. The summed E-state index contributed by atoms with van der Waals surface area (Å²) in [5, 5.41) is 13.9. The van der Waals surface area contributed by atoms with Crippen molar-refractivity contribution in [3.05, 3.63) is 59.9 Å². The Labute approximate surface area is 153 Å². The van der Waals surface area contributed by atoms with Crippen LogP contribution in [0.15, 0.2) is 48.8 Å². The van der Waals surface area contributed by atoms with Crippen LogP contribution in [-0.4, -0.2) is 54.2 Å². The minimum atomic E-state index is -0.789. The second kappa shape index (κ2) is 8.29. The van der Waals surface area contributed by atoms with Crippen molar-refractivity contribution in [3.8, 4) is 5.75 Å². The molecule has 1 aromatic heterocycles. The number of aromatic nitrogens is 1. The van der Waals surface area contributed by atoms with E-state index in [1.54, 1.807) is 31.6 Å². The standard InChI is InChI=1S/C20H25N3O3/c1-26-18-4-2-17(3-5-18)20(25)8-13-23(14-9-20)15-12-22-19(24)16-6-10-21-11-7-16/h2-7,10-11,25H,8-9,12-15H2,1H3,(H,22,24). The van der Waals surface area contributed by atoms with Gasteiger partial charge in [0.2, 0.25) is 0 Å². The first-order chi connectivity index (χ1) is 12.6. The lowest BCUT2D eigenvalue weighted by molar-refractivity contribution is -0.0255. The Bertz CT molecular complexity index is 711. The molecule has 3 rings (SSSR count). The highest BCUT2D eigenvalue weighted by atomic mass is 16.5. The van der Waals surface area contributed by atoms with Gasteiger partial charge in [0.1, 0.15) is 5.75 Å². The predicted molar refractivity (Wildman–Crippen MR) is 99.1 cm³/mol. The molecule has 6 heteroatoms. The Morgan fingerprint density at radius 1 is 1.19 bits per heavy atom. The number of piperidine rings is 1. The van der Waals surface area contributed by atoms with Crippen LogP contribution in [0.3, 0.4) is 0 Å². The summed E-state index contributed by atoms with van der Waals surface area (Å²) in [6.07, 6.45) is 4.58. The van der Waals surface area contributed by atoms with Gasteiger partial charge in [-0.05, 0) is 42.7 Å². The molecule has 0 radical (unpaired) electrons. The fourth-order valence-electron chi connectivity index (χ4n) is 3.27. The van der Waals surface area contributed by atoms with E-state index in [-0.39, 0.29) is 5.91 Å². The third kappa shape index (κ3) is 4.39. The van der Waals surface area contributed by atoms with Gasteiger partial charge in [0, 0.05) is 44.1 Å². The molecule has 0 bridgehead atoms. The highest BCUT2D eigenvalue weighted by Gasteiger charge is 2.33. The van der Waals surface area contributed by atoms with Crippen molar-refractivity contribution in [3.63, 3.8) is 0 Å². The van der Waals surface area contributed by atoms with E-state index in [4.69, 9.17) is 4.74 Å². The molecule has 1 aliphatic rings. The third-order valence-corrected chi connectivity index (χ3v) is 4.97. The SMILES string of the molecule is COc1ccc(C2(O)CCN(CCNC(=O)c3ccncc3)CC2)cc1. The number of likely N-dealkylation sites (tertiary alicyclic amines) is 1. The Morgan fingerprint density at radius 2 is 1.85 bits per heavy atom. The molecule has 0 unspecified atom stereocenters. The molecule has 2 N–H and O–H groups in total. The van der Waals surface area contributed by atoms with Gasteiger partial charge in [-0.2, -0.15) is 0 Å². The molecule has 1 saturated heterocycles. The van der Waals surface area contributed by atoms with Gasteiger partial charge in [0.25, 0.3) is 5.91 Å². The van der Waals surface area contributed by atoms with Crippen molar-refractivity contribution in [2.75, 3.05) is 33.3 Å². The molecule has 2 aromatic rings. The van der Waals surface area contributed by atoms with Gasteiger partial charge in [-0.1, -0.05) is 12.1 Å². The number of carbonyl (C=O) groups is 1. The average molecular weight is 355 g/mol. The van der Waals surface area contributed by atoms with Crippen LogP contribution in [0, 0.1) is 0 Å². The van der Waals surface area contributed by atoms with Gasteiger partial charge >= 0.3 is 0 Å². The van der Waals surface area contributed by atoms with E-state index in [0.717, 1.165) is 30.9 Å². The molecular weight excluding hydrogens is 330 g/mol. The minimum Gasteiger partial charge on any atom is -0.497 e. The lowest BCUT2D eigenvalue weighted by atomic mass is 9.84. The Kier molecular flexibility index (Phi) is 5.85. The van der Waals surface area contributed by atoms with Gasteiger partial charge in [-0.3, -0.25) is 9.78 Å². The van der Waals surface area contributed by atoms with E-state index >= 15 is 0 Å². The number of hydrogen-bond donors (Lipinski definition) is 2. The van der Waals surface area contributed by atoms with Gasteiger partial charge in [-0.25, -0.2) is 0 Å². The number of pyridine rings is 1. The fourth-order valence-corrected chi connectivity index (χ4v) is 3.27. The molecule has 138 valence electrons. The molecule has 0 spiro atoms. The second-order valence-electron chi connectivity index (χ2n) is 6.59. The van der Waals surface area contributed by atoms with E-state index in [0.29, 0.717) is 24.9 Å². The van der Waals surface area contributed by atoms with Crippen molar-refractivity contribution in [1.82, 2.24) is 15.2 Å². The van der Waals surface area contributed by atoms with Crippen molar-refractivity contribution >= 4 is 5.91 Å². The second-order valence-corrected chi connectivity index (χ2v) is 6.59. The number of nitrogens with one attached hydrogen (secondary N) is 1. The maximum Gasteiger partial charge on any atom is 0.251 e. The average Bonchev–Trinajstić information content (AvgIpc) is 2.70. The molecule has 1 fully saturated rings. The monoisotopic (exact) mass is 355 g/mol. The zero-order chi connectivity index (χ0) is 18.4. The number of rotatable bonds is 6. The largest absolute Gasteiger partial charge is 0.497 e. The maximum absolute atomic E-state index is 12.0. The Balaban J connectivity index is 1.45. The number of ether oxygens (including phenoxy) is 1. The highest BCUT2D eigenvalue weighted by Crippen LogP contribution is 2.33. The zero-order valence-corrected chi connectivity index (χ0v) is 15.0. The fraction of sp³-hybridized carbons (Fsp3) is 0.400. The molecule has 2 heterocycles. The quantitative estimate of drug-likeness (QED) is 0.827. The number of carbonyl (C=O) groups excluding carboxylic acids is 1. The van der Waals surface area contributed by atoms with Crippen molar-refractivity contribution in [1.29, 1.82) is 0 Å². The van der Waals surface area contributed by atoms with E-state index in [1.807, 2.05) is 24.3 Å². The number of amides is 1. The Morgan fingerprint density at radius 3 is 2.46 bits per heavy atom. The van der Waals surface area contributed by atoms with Crippen LogP contribution >= 0.6 is 0 Å². The van der Waals surface area contributed by atoms with Gasteiger partial charge in [-0.15, -0.1) is 0 Å². The topological polar surface area (TPSA) is 74.7 Å². The van der Waals surface area contributed by atoms with E-state index < -0.39 is 5.60 Å². The van der Waals surface area contributed by atoms with Gasteiger partial charge in [0.15, 0.2) is 0 Å². The van der Waals surface area contributed by atoms with E-state index in [1.165, 1.54) is 0 Å². The van der Waals surface area contributed by atoms with Crippen molar-refractivity contribution < 1.29 is 14.6 Å². The van der Waals surface area contributed by atoms with Crippen LogP contribution < -0.4 is 10.1 Å². The first-order valence-corrected chi connectivity index (χ1v) is 8.88. The molecule has 0 aliphatic carbocycles. The summed E-state index contributed by atoms with van der Waals surface area (Å²) in [7, 11) is 1.63. The number of methoxy groups -OCH3 is 1. The molecule has 1 aromatic carbocycles. The third-order valence-electron chi connectivity index (χ3n) is 4.97. The zero-order valence-electron chi connectivity index (χ0n) is 15.0. The predicted octanol–water partition coefficient (Wildman–Crippen LogP) is 1.80. The number of aliphatic hydroxyl groups is 1. The number of benzene rings is 1.